The van der Waals surface area contributed by atoms with Crippen LogP contribution in [0.2, 0.25) is 0 Å². The molecule has 86 heavy (non-hydrogen) atoms. The van der Waals surface area contributed by atoms with Crippen molar-refractivity contribution in [3.63, 3.8) is 0 Å². The first-order chi connectivity index (χ1) is 41.0. The SMILES string of the molecule is CC(=O)[O-].CC(=O)[O-].CCc1c(CC)c2cc3nc(cnc4cc(OCCOCCOCCOC)c(OCCOCCOCCOC)cc4ncc4nc(cc1[n-]2)C(CCCn1ccnc1[N+](=O)[O-])=C4C)C(C)=C3CCCn1ccnc1[N+](=O)[O-].[Gd+3]. The van der Waals surface area contributed by atoms with Gasteiger partial charge in [0, 0.05) is 38.3 Å². The minimum atomic E-state index is -1.08. The molecule has 6 heterocycles. The molecule has 27 nitrogen and oxygen atoms in total. The molecule has 0 fully saturated rings. The van der Waals surface area contributed by atoms with E-state index in [1.807, 2.05) is 26.0 Å². The fraction of sp³-hybridized carbons (Fsp3) is 0.483. The number of carboxylic acid groups (broad SMARTS) is 2. The van der Waals surface area contributed by atoms with Crippen LogP contribution in [0, 0.1) is 60.2 Å². The monoisotopic (exact) mass is 1340 g/mol. The second kappa shape index (κ2) is 38.2. The number of ether oxygens (including phenoxy) is 8. The number of rotatable bonds is 32. The van der Waals surface area contributed by atoms with E-state index in [-0.39, 0.29) is 78.3 Å². The number of aliphatic carboxylic acids is 2. The number of imidazole rings is 2. The van der Waals surface area contributed by atoms with Crippen LogP contribution in [-0.4, -0.2) is 154 Å². The van der Waals surface area contributed by atoms with Crippen LogP contribution in [0.25, 0.3) is 44.4 Å². The van der Waals surface area contributed by atoms with Gasteiger partial charge in [-0.15, -0.1) is 11.0 Å². The van der Waals surface area contributed by atoms with Crippen molar-refractivity contribution in [2.45, 2.75) is 93.2 Å². The Bertz CT molecular complexity index is 3090. The number of carbonyl (C=O) groups is 2. The minimum absolute atomic E-state index is 0. The van der Waals surface area contributed by atoms with Gasteiger partial charge in [-0.3, -0.25) is 9.97 Å². The molecule has 6 bridgehead atoms. The molecule has 0 saturated heterocycles. The van der Waals surface area contributed by atoms with Crippen LogP contribution in [0.15, 0.2) is 61.4 Å². The molecule has 465 valence electrons. The maximum atomic E-state index is 11.7. The fourth-order valence-corrected chi connectivity index (χ4v) is 8.97. The summed E-state index contributed by atoms with van der Waals surface area (Å²) in [5.74, 6) is -1.80. The van der Waals surface area contributed by atoms with Crippen LogP contribution < -0.4 is 24.7 Å². The van der Waals surface area contributed by atoms with Crippen molar-refractivity contribution in [2.75, 3.05) is 93.5 Å². The molecule has 1 aromatic carbocycles. The number of carboxylic acids is 2. The van der Waals surface area contributed by atoms with E-state index in [4.69, 9.17) is 82.6 Å². The molecule has 1 radical (unpaired) electrons. The summed E-state index contributed by atoms with van der Waals surface area (Å²) in [5, 5.41) is 41.2. The zero-order valence-corrected chi connectivity index (χ0v) is 52.0. The first-order valence-electron chi connectivity index (χ1n) is 27.7. The van der Waals surface area contributed by atoms with Gasteiger partial charge in [0.1, 0.15) is 38.0 Å². The summed E-state index contributed by atoms with van der Waals surface area (Å²) in [7, 11) is 3.24. The van der Waals surface area contributed by atoms with E-state index in [1.54, 1.807) is 60.3 Å². The van der Waals surface area contributed by atoms with Gasteiger partial charge in [-0.25, -0.2) is 19.1 Å². The molecule has 0 saturated carbocycles. The molecule has 0 aliphatic carbocycles. The third-order valence-electron chi connectivity index (χ3n) is 12.9. The molecule has 2 aliphatic rings. The number of aromatic nitrogens is 9. The van der Waals surface area contributed by atoms with Gasteiger partial charge in [-0.2, -0.15) is 0 Å². The Morgan fingerprint density at radius 2 is 0.895 bits per heavy atom. The van der Waals surface area contributed by atoms with Crippen molar-refractivity contribution in [1.82, 2.24) is 44.0 Å². The van der Waals surface area contributed by atoms with Crippen molar-refractivity contribution >= 4 is 68.2 Å². The predicted molar refractivity (Wildman–Crippen MR) is 309 cm³/mol. The van der Waals surface area contributed by atoms with Crippen molar-refractivity contribution in [3.05, 3.63) is 116 Å². The molecule has 0 spiro atoms. The van der Waals surface area contributed by atoms with Gasteiger partial charge in [-0.05, 0) is 98.4 Å². The van der Waals surface area contributed by atoms with Crippen LogP contribution in [0.4, 0.5) is 11.9 Å². The molecule has 4 aromatic heterocycles. The van der Waals surface area contributed by atoms with Crippen molar-refractivity contribution < 1.29 is 107 Å². The quantitative estimate of drug-likeness (QED) is 0.0281. The van der Waals surface area contributed by atoms with Gasteiger partial charge in [0.05, 0.1) is 125 Å². The van der Waals surface area contributed by atoms with E-state index in [0.717, 1.165) is 58.3 Å². The van der Waals surface area contributed by atoms with Gasteiger partial charge in [0.2, 0.25) is 0 Å². The number of fused-ring (bicyclic) bond motifs is 7. The van der Waals surface area contributed by atoms with E-state index in [1.165, 1.54) is 12.4 Å². The molecular formula is C58H74GdN11O16. The number of allylic oxidation sites excluding steroid dienone is 4. The van der Waals surface area contributed by atoms with E-state index in [2.05, 4.69) is 23.8 Å². The number of hydrogen-bond donors (Lipinski definition) is 0. The van der Waals surface area contributed by atoms with E-state index < -0.39 is 21.8 Å². The summed E-state index contributed by atoms with van der Waals surface area (Å²) in [6.07, 6.45) is 13.2. The molecule has 7 rings (SSSR count). The van der Waals surface area contributed by atoms with Crippen LogP contribution in [0.5, 0.6) is 11.5 Å². The van der Waals surface area contributed by atoms with E-state index in [9.17, 15) is 20.2 Å². The normalized spacial score (nSPS) is 11.7. The number of hydrogen-bond acceptors (Lipinski definition) is 22. The van der Waals surface area contributed by atoms with Crippen molar-refractivity contribution in [3.8, 4) is 11.5 Å². The topological polar surface area (TPSA) is 342 Å². The van der Waals surface area contributed by atoms with Crippen molar-refractivity contribution in [2.24, 2.45) is 0 Å². The molecule has 0 atom stereocenters. The summed E-state index contributed by atoms with van der Waals surface area (Å²) >= 11 is 0. The summed E-state index contributed by atoms with van der Waals surface area (Å²) in [6, 6.07) is 7.60. The number of methoxy groups -OCH3 is 2. The Labute approximate surface area is 530 Å². The zero-order chi connectivity index (χ0) is 61.7. The van der Waals surface area contributed by atoms with Crippen LogP contribution in [-0.2, 0) is 63.9 Å². The zero-order valence-electron chi connectivity index (χ0n) is 49.7. The second-order valence-corrected chi connectivity index (χ2v) is 18.8. The number of benzene rings is 1. The Morgan fingerprint density at radius 1 is 0.547 bits per heavy atom. The Morgan fingerprint density at radius 3 is 1.23 bits per heavy atom. The third-order valence-corrected chi connectivity index (χ3v) is 12.9. The minimum Gasteiger partial charge on any atom is -0.657 e. The van der Waals surface area contributed by atoms with E-state index in [0.29, 0.717) is 150 Å². The van der Waals surface area contributed by atoms with E-state index >= 15 is 0 Å². The average Bonchev–Trinajstić information content (AvgIpc) is 2.05. The van der Waals surface area contributed by atoms with Crippen molar-refractivity contribution in [1.29, 1.82) is 0 Å². The molecule has 0 unspecified atom stereocenters. The number of nitro groups is 2. The average molecular weight is 1340 g/mol. The summed E-state index contributed by atoms with van der Waals surface area (Å²) in [6.45, 7) is 15.3. The maximum absolute atomic E-state index is 11.7. The second-order valence-electron chi connectivity index (χ2n) is 18.8. The van der Waals surface area contributed by atoms with Gasteiger partial charge < -0.3 is 82.9 Å². The molecule has 28 heteroatoms. The Kier molecular flexibility index (Phi) is 31.8. The maximum Gasteiger partial charge on any atom is 3.00 e. The molecule has 2 aliphatic heterocycles. The summed E-state index contributed by atoms with van der Waals surface area (Å²) in [4.78, 5) is 73.9. The fourth-order valence-electron chi connectivity index (χ4n) is 8.97. The summed E-state index contributed by atoms with van der Waals surface area (Å²) in [5.41, 5.74) is 11.1. The first-order valence-corrected chi connectivity index (χ1v) is 27.7. The van der Waals surface area contributed by atoms with Gasteiger partial charge in [0.25, 0.3) is 0 Å². The predicted octanol–water partition coefficient (Wildman–Crippen LogP) is 5.75. The van der Waals surface area contributed by atoms with Gasteiger partial charge in [-0.1, -0.05) is 47.1 Å². The van der Waals surface area contributed by atoms with Gasteiger partial charge >= 0.3 is 51.8 Å². The van der Waals surface area contributed by atoms with Crippen LogP contribution in [0.3, 0.4) is 0 Å². The third kappa shape index (κ3) is 22.4. The smallest absolute Gasteiger partial charge is 0.657 e. The first kappa shape index (κ1) is 71.5. The van der Waals surface area contributed by atoms with Crippen LogP contribution in [0.1, 0.15) is 101 Å². The number of carbonyl (C=O) groups excluding carboxylic acids is 2. The molecule has 5 aromatic rings. The molecule has 0 amide bonds. The number of nitrogens with zero attached hydrogens (tertiary/aromatic N) is 11. The van der Waals surface area contributed by atoms with Gasteiger partial charge in [0.15, 0.2) is 11.5 Å². The molecular weight excluding hydrogens is 1260 g/mol. The number of aryl methyl sites for hydroxylation is 4. The Balaban J connectivity index is 0.00000165. The Hall–Kier alpha value is -7.02. The molecule has 0 N–H and O–H groups in total. The van der Waals surface area contributed by atoms with Crippen LogP contribution >= 0.6 is 0 Å². The standard InChI is InChI=1S/C54H68N11O12.2C2H4O2.Gd/c1-7-39-40(8-2)44-32-46-42(12-10-16-63-18-14-56-54(63)65(68)69)38(4)50(61-46)36-58-48-34-52(77-30-28-75-26-24-73-22-20-71-6)51(76-29-27-74-25-23-72-21-19-70-5)33-47(48)57-35-49-37(3)41(45(60-49)31-43(39)59-44)11-9-15-62-17-13-55-53(62)64(66)67;2*1-2(3)4;/h13-14,17-18,31-36H,7-12,15-16,19-30H2,1-6H3;2*1H3,(H,3,4);/q-1;;;+3/p-2. The largest absolute Gasteiger partial charge is 3.00 e. The summed E-state index contributed by atoms with van der Waals surface area (Å²) < 4.78 is 48.6.